The maximum atomic E-state index is 6.17. The summed E-state index contributed by atoms with van der Waals surface area (Å²) < 4.78 is 0. The number of hydrogen-bond donors (Lipinski definition) is 0. The molecule has 0 rings (SSSR count). The molecule has 0 spiro atoms. The van der Waals surface area contributed by atoms with Gasteiger partial charge in [-0.15, -0.1) is 29.8 Å². The second-order valence-electron chi connectivity index (χ2n) is 3.53. The summed E-state index contributed by atoms with van der Waals surface area (Å²) in [6, 6.07) is 0. The number of rotatable bonds is 5. The SMILES string of the molecule is C=C[C@](C)(Cl)[C@H](Br)/C=C/[C@@](C)(Cl)CBr. The van der Waals surface area contributed by atoms with E-state index in [2.05, 4.69) is 38.4 Å². The number of halogens is 4. The molecular weight excluding hydrogens is 351 g/mol. The average Bonchev–Trinajstić information content (AvgIpc) is 2.14. The fourth-order valence-electron chi connectivity index (χ4n) is 0.630. The monoisotopic (exact) mass is 362 g/mol. The lowest BCUT2D eigenvalue weighted by atomic mass is 10.1. The summed E-state index contributed by atoms with van der Waals surface area (Å²) in [5, 5.41) is 0.699. The highest BCUT2D eigenvalue weighted by molar-refractivity contribution is 9.09. The first kappa shape index (κ1) is 15.0. The van der Waals surface area contributed by atoms with Gasteiger partial charge in [0.25, 0.3) is 0 Å². The fourth-order valence-corrected chi connectivity index (χ4v) is 1.30. The quantitative estimate of drug-likeness (QED) is 0.481. The van der Waals surface area contributed by atoms with Gasteiger partial charge in [0.05, 0.1) is 14.6 Å². The first-order chi connectivity index (χ1) is 6.25. The Morgan fingerprint density at radius 2 is 1.93 bits per heavy atom. The maximum Gasteiger partial charge on any atom is 0.0754 e. The van der Waals surface area contributed by atoms with Gasteiger partial charge in [-0.1, -0.05) is 50.1 Å². The van der Waals surface area contributed by atoms with Crippen LogP contribution in [-0.2, 0) is 0 Å². The second-order valence-corrected chi connectivity index (χ2v) is 6.75. The van der Waals surface area contributed by atoms with Crippen molar-refractivity contribution in [2.24, 2.45) is 0 Å². The zero-order chi connectivity index (χ0) is 11.4. The van der Waals surface area contributed by atoms with Gasteiger partial charge in [-0.05, 0) is 13.8 Å². The van der Waals surface area contributed by atoms with Crippen molar-refractivity contribution in [3.05, 3.63) is 24.8 Å². The summed E-state index contributed by atoms with van der Waals surface area (Å²) in [5.41, 5.74) is 0. The smallest absolute Gasteiger partial charge is 0.0754 e. The minimum absolute atomic E-state index is 0.0197. The third-order valence-corrected chi connectivity index (χ3v) is 5.47. The van der Waals surface area contributed by atoms with E-state index >= 15 is 0 Å². The van der Waals surface area contributed by atoms with E-state index in [1.807, 2.05) is 26.0 Å². The lowest BCUT2D eigenvalue weighted by Crippen LogP contribution is -2.25. The number of allylic oxidation sites excluding steroid dienone is 3. The molecule has 0 fully saturated rings. The van der Waals surface area contributed by atoms with Gasteiger partial charge < -0.3 is 0 Å². The van der Waals surface area contributed by atoms with Crippen LogP contribution in [0, 0.1) is 0 Å². The molecular formula is C10H14Br2Cl2. The van der Waals surface area contributed by atoms with Crippen LogP contribution < -0.4 is 0 Å². The second kappa shape index (κ2) is 5.93. The predicted molar refractivity (Wildman–Crippen MR) is 74.4 cm³/mol. The van der Waals surface area contributed by atoms with Crippen molar-refractivity contribution in [1.29, 1.82) is 0 Å². The van der Waals surface area contributed by atoms with Crippen molar-refractivity contribution in [2.75, 3.05) is 5.33 Å². The summed E-state index contributed by atoms with van der Waals surface area (Å²) in [6.45, 7) is 7.50. The van der Waals surface area contributed by atoms with Crippen molar-refractivity contribution in [1.82, 2.24) is 0 Å². The third-order valence-electron chi connectivity index (χ3n) is 1.81. The van der Waals surface area contributed by atoms with E-state index in [4.69, 9.17) is 23.2 Å². The average molecular weight is 365 g/mol. The Hall–Kier alpha value is 1.02. The van der Waals surface area contributed by atoms with Crippen LogP contribution in [0.5, 0.6) is 0 Å². The molecule has 0 unspecified atom stereocenters. The molecule has 0 saturated carbocycles. The molecule has 0 bridgehead atoms. The zero-order valence-electron chi connectivity index (χ0n) is 8.24. The minimum atomic E-state index is -0.490. The molecule has 0 aromatic rings. The number of alkyl halides is 4. The summed E-state index contributed by atoms with van der Waals surface area (Å²) in [6.07, 6.45) is 5.58. The van der Waals surface area contributed by atoms with Gasteiger partial charge in [-0.3, -0.25) is 0 Å². The van der Waals surface area contributed by atoms with Crippen LogP contribution in [0.1, 0.15) is 13.8 Å². The van der Waals surface area contributed by atoms with Crippen molar-refractivity contribution >= 4 is 55.1 Å². The highest BCUT2D eigenvalue weighted by Crippen LogP contribution is 2.29. The fraction of sp³-hybridized carbons (Fsp3) is 0.600. The molecule has 0 aliphatic rings. The van der Waals surface area contributed by atoms with E-state index in [9.17, 15) is 0 Å². The Kier molecular flexibility index (Phi) is 6.36. The lowest BCUT2D eigenvalue weighted by molar-refractivity contribution is 0.807. The molecule has 14 heavy (non-hydrogen) atoms. The summed E-state index contributed by atoms with van der Waals surface area (Å²) in [7, 11) is 0. The van der Waals surface area contributed by atoms with Gasteiger partial charge in [0.1, 0.15) is 0 Å². The molecule has 0 radical (unpaired) electrons. The molecule has 0 aromatic heterocycles. The molecule has 0 heterocycles. The lowest BCUT2D eigenvalue weighted by Gasteiger charge is -2.22. The standard InChI is InChI=1S/C10H14Br2Cl2/c1-4-10(3,14)8(12)5-6-9(2,13)7-11/h4-6,8H,1,7H2,2-3H3/b6-5+/t8-,9-,10+/m1/s1. The Morgan fingerprint density at radius 3 is 2.29 bits per heavy atom. The van der Waals surface area contributed by atoms with Crippen LogP contribution in [0.3, 0.4) is 0 Å². The first-order valence-corrected chi connectivity index (χ1v) is 6.95. The highest BCUT2D eigenvalue weighted by atomic mass is 79.9. The minimum Gasteiger partial charge on any atom is -0.114 e. The zero-order valence-corrected chi connectivity index (χ0v) is 12.9. The molecule has 82 valence electrons. The Balaban J connectivity index is 4.46. The Morgan fingerprint density at radius 1 is 1.43 bits per heavy atom. The molecule has 0 nitrogen and oxygen atoms in total. The summed E-state index contributed by atoms with van der Waals surface area (Å²) in [4.78, 5) is -0.845. The van der Waals surface area contributed by atoms with Crippen LogP contribution in [0.4, 0.5) is 0 Å². The third kappa shape index (κ3) is 5.20. The molecule has 3 atom stereocenters. The van der Waals surface area contributed by atoms with Crippen molar-refractivity contribution in [3.63, 3.8) is 0 Å². The molecule has 0 aromatic carbocycles. The van der Waals surface area contributed by atoms with Gasteiger partial charge >= 0.3 is 0 Å². The topological polar surface area (TPSA) is 0 Å². The normalized spacial score (nSPS) is 22.7. The van der Waals surface area contributed by atoms with Gasteiger partial charge in [0, 0.05) is 5.33 Å². The largest absolute Gasteiger partial charge is 0.114 e. The van der Waals surface area contributed by atoms with E-state index in [0.29, 0.717) is 5.33 Å². The van der Waals surface area contributed by atoms with E-state index in [-0.39, 0.29) is 9.70 Å². The summed E-state index contributed by atoms with van der Waals surface area (Å²) >= 11 is 19.1. The van der Waals surface area contributed by atoms with Crippen molar-refractivity contribution in [3.8, 4) is 0 Å². The van der Waals surface area contributed by atoms with Crippen LogP contribution in [0.15, 0.2) is 24.8 Å². The molecule has 0 N–H and O–H groups in total. The van der Waals surface area contributed by atoms with E-state index in [1.54, 1.807) is 6.08 Å². The van der Waals surface area contributed by atoms with Crippen molar-refractivity contribution < 1.29 is 0 Å². The Labute approximate surface area is 113 Å². The predicted octanol–water partition coefficient (Wildman–Crippen LogP) is 4.88. The molecule has 0 aliphatic heterocycles. The van der Waals surface area contributed by atoms with E-state index in [1.165, 1.54) is 0 Å². The van der Waals surface area contributed by atoms with Crippen LogP contribution in [-0.4, -0.2) is 19.9 Å². The molecule has 4 heteroatoms. The Bertz CT molecular complexity index is 222. The van der Waals surface area contributed by atoms with E-state index in [0.717, 1.165) is 0 Å². The first-order valence-electron chi connectivity index (χ1n) is 4.16. The molecule has 0 aliphatic carbocycles. The van der Waals surface area contributed by atoms with Gasteiger partial charge in [-0.25, -0.2) is 0 Å². The highest BCUT2D eigenvalue weighted by Gasteiger charge is 2.25. The molecule has 0 saturated heterocycles. The van der Waals surface area contributed by atoms with Crippen LogP contribution in [0.25, 0.3) is 0 Å². The van der Waals surface area contributed by atoms with Gasteiger partial charge in [0.2, 0.25) is 0 Å². The molecule has 0 amide bonds. The van der Waals surface area contributed by atoms with Crippen molar-refractivity contribution in [2.45, 2.75) is 28.4 Å². The maximum absolute atomic E-state index is 6.17. The van der Waals surface area contributed by atoms with Crippen LogP contribution >= 0.6 is 55.1 Å². The van der Waals surface area contributed by atoms with Gasteiger partial charge in [0.15, 0.2) is 0 Å². The summed E-state index contributed by atoms with van der Waals surface area (Å²) in [5.74, 6) is 0. The van der Waals surface area contributed by atoms with Gasteiger partial charge in [-0.2, -0.15) is 0 Å². The number of hydrogen-bond acceptors (Lipinski definition) is 0. The van der Waals surface area contributed by atoms with E-state index < -0.39 is 4.87 Å². The van der Waals surface area contributed by atoms with Crippen LogP contribution in [0.2, 0.25) is 0 Å².